The van der Waals surface area contributed by atoms with Crippen molar-refractivity contribution in [3.05, 3.63) is 59.7 Å². The molecule has 7 heteroatoms. The zero-order valence-corrected chi connectivity index (χ0v) is 16.2. The fourth-order valence-electron chi connectivity index (χ4n) is 2.08. The average Bonchev–Trinajstić information content (AvgIpc) is 2.59. The second-order valence-corrected chi connectivity index (χ2v) is 5.23. The molecule has 0 radical (unpaired) electrons. The smallest absolute Gasteiger partial charge is 0.272 e. The molecule has 0 fully saturated rings. The topological polar surface area (TPSA) is 59.6 Å². The minimum atomic E-state index is -2.49. The van der Waals surface area contributed by atoms with Gasteiger partial charge in [-0.3, -0.25) is 0 Å². The molecule has 0 aromatic heterocycles. The molecule has 0 atom stereocenters. The number of hydrogen-bond acceptors (Lipinski definition) is 2. The van der Waals surface area contributed by atoms with Crippen LogP contribution in [0.3, 0.4) is 0 Å². The van der Waals surface area contributed by atoms with Gasteiger partial charge in [0.1, 0.15) is 12.4 Å². The van der Waals surface area contributed by atoms with Crippen LogP contribution in [0.2, 0.25) is 0 Å². The highest BCUT2D eigenvalue weighted by Crippen LogP contribution is 2.15. The Hall–Kier alpha value is -1.90. The van der Waals surface area contributed by atoms with E-state index in [1.54, 1.807) is 18.2 Å². The maximum absolute atomic E-state index is 12.2. The number of nitrogens with zero attached hydrogens (tertiary/aromatic N) is 1. The van der Waals surface area contributed by atoms with Gasteiger partial charge >= 0.3 is 0 Å². The monoisotopic (exact) mass is 461 g/mol. The zero-order valence-electron chi connectivity index (χ0n) is 13.9. The van der Waals surface area contributed by atoms with E-state index in [9.17, 15) is 8.78 Å². The third kappa shape index (κ3) is 7.68. The standard InChI is InChI=1S/C18H21F2N3O.HI/c1-2-13-6-8-15(9-7-13)23-18(21)22-11-14-4-3-5-16(10-14)24-12-17(19)20;/h3-10,17H,2,11-12H2,1H3,(H3,21,22,23);1H. The van der Waals surface area contributed by atoms with E-state index in [0.717, 1.165) is 17.7 Å². The number of hydrogen-bond donors (Lipinski definition) is 2. The van der Waals surface area contributed by atoms with E-state index in [2.05, 4.69) is 17.2 Å². The first-order valence-corrected chi connectivity index (χ1v) is 7.72. The minimum absolute atomic E-state index is 0. The van der Waals surface area contributed by atoms with Crippen molar-refractivity contribution < 1.29 is 13.5 Å². The second kappa shape index (κ2) is 10.9. The molecule has 0 bridgehead atoms. The van der Waals surface area contributed by atoms with Crippen LogP contribution in [-0.4, -0.2) is 19.0 Å². The third-order valence-corrected chi connectivity index (χ3v) is 3.34. The summed E-state index contributed by atoms with van der Waals surface area (Å²) < 4.78 is 29.3. The van der Waals surface area contributed by atoms with Crippen LogP contribution in [0.4, 0.5) is 14.5 Å². The molecule has 2 aromatic rings. The molecule has 0 aliphatic carbocycles. The van der Waals surface area contributed by atoms with Crippen molar-refractivity contribution in [2.45, 2.75) is 26.3 Å². The maximum atomic E-state index is 12.2. The van der Waals surface area contributed by atoms with Crippen molar-refractivity contribution in [1.82, 2.24) is 0 Å². The number of rotatable bonds is 7. The second-order valence-electron chi connectivity index (χ2n) is 5.23. The van der Waals surface area contributed by atoms with E-state index in [1.165, 1.54) is 5.56 Å². The Morgan fingerprint density at radius 3 is 2.52 bits per heavy atom. The zero-order chi connectivity index (χ0) is 17.4. The molecule has 0 spiro atoms. The van der Waals surface area contributed by atoms with E-state index in [1.807, 2.05) is 30.3 Å². The van der Waals surface area contributed by atoms with Gasteiger partial charge in [-0.05, 0) is 41.8 Å². The van der Waals surface area contributed by atoms with Gasteiger partial charge in [-0.2, -0.15) is 0 Å². The molecule has 2 rings (SSSR count). The molecule has 0 amide bonds. The van der Waals surface area contributed by atoms with E-state index in [0.29, 0.717) is 12.3 Å². The first-order chi connectivity index (χ1) is 11.6. The number of benzene rings is 2. The van der Waals surface area contributed by atoms with Gasteiger partial charge in [0.15, 0.2) is 5.96 Å². The fourth-order valence-corrected chi connectivity index (χ4v) is 2.08. The molecule has 0 aliphatic rings. The summed E-state index contributed by atoms with van der Waals surface area (Å²) in [5, 5.41) is 3.02. The number of alkyl halides is 2. The highest BCUT2D eigenvalue weighted by molar-refractivity contribution is 14.0. The first-order valence-electron chi connectivity index (χ1n) is 7.72. The molecule has 136 valence electrons. The number of halogens is 3. The van der Waals surface area contributed by atoms with Crippen LogP contribution in [0, 0.1) is 0 Å². The van der Waals surface area contributed by atoms with Crippen molar-refractivity contribution in [2.75, 3.05) is 11.9 Å². The van der Waals surface area contributed by atoms with Crippen molar-refractivity contribution in [3.63, 3.8) is 0 Å². The molecule has 0 saturated heterocycles. The van der Waals surface area contributed by atoms with Gasteiger partial charge in [0.05, 0.1) is 6.54 Å². The van der Waals surface area contributed by atoms with Crippen LogP contribution >= 0.6 is 24.0 Å². The normalized spacial score (nSPS) is 11.1. The first kappa shape index (κ1) is 21.1. The lowest BCUT2D eigenvalue weighted by Crippen LogP contribution is -2.22. The van der Waals surface area contributed by atoms with Gasteiger partial charge in [-0.15, -0.1) is 24.0 Å². The van der Waals surface area contributed by atoms with Crippen LogP contribution < -0.4 is 15.8 Å². The number of nitrogens with two attached hydrogens (primary N) is 1. The van der Waals surface area contributed by atoms with Crippen molar-refractivity contribution >= 4 is 35.6 Å². The minimum Gasteiger partial charge on any atom is -0.488 e. The van der Waals surface area contributed by atoms with Gasteiger partial charge in [-0.1, -0.05) is 31.2 Å². The number of aliphatic imine (C=N–C) groups is 1. The summed E-state index contributed by atoms with van der Waals surface area (Å²) >= 11 is 0. The molecule has 0 heterocycles. The molecule has 25 heavy (non-hydrogen) atoms. The molecule has 0 aliphatic heterocycles. The van der Waals surface area contributed by atoms with E-state index in [-0.39, 0.29) is 29.9 Å². The number of guanidine groups is 1. The summed E-state index contributed by atoms with van der Waals surface area (Å²) in [4.78, 5) is 4.25. The Morgan fingerprint density at radius 1 is 1.16 bits per heavy atom. The van der Waals surface area contributed by atoms with Gasteiger partial charge in [-0.25, -0.2) is 13.8 Å². The Kier molecular flexibility index (Phi) is 9.18. The van der Waals surface area contributed by atoms with E-state index < -0.39 is 13.0 Å². The number of ether oxygens (including phenoxy) is 1. The van der Waals surface area contributed by atoms with Crippen LogP contribution in [0.1, 0.15) is 18.1 Å². The molecule has 0 saturated carbocycles. The lowest BCUT2D eigenvalue weighted by atomic mass is 10.1. The average molecular weight is 461 g/mol. The van der Waals surface area contributed by atoms with Crippen molar-refractivity contribution in [3.8, 4) is 5.75 Å². The Labute approximate surface area is 163 Å². The van der Waals surface area contributed by atoms with Crippen molar-refractivity contribution in [2.24, 2.45) is 10.7 Å². The van der Waals surface area contributed by atoms with Gasteiger partial charge in [0, 0.05) is 5.69 Å². The Bertz CT molecular complexity index is 678. The Morgan fingerprint density at radius 2 is 1.88 bits per heavy atom. The molecular formula is C18H22F2IN3O. The maximum Gasteiger partial charge on any atom is 0.272 e. The third-order valence-electron chi connectivity index (χ3n) is 3.34. The lowest BCUT2D eigenvalue weighted by molar-refractivity contribution is 0.0818. The Balaban J connectivity index is 0.00000312. The predicted molar refractivity (Wildman–Crippen MR) is 108 cm³/mol. The summed E-state index contributed by atoms with van der Waals surface area (Å²) in [5.41, 5.74) is 8.81. The fraction of sp³-hybridized carbons (Fsp3) is 0.278. The summed E-state index contributed by atoms with van der Waals surface area (Å²) in [5.74, 6) is 0.683. The summed E-state index contributed by atoms with van der Waals surface area (Å²) in [6.07, 6.45) is -1.51. The SMILES string of the molecule is CCc1ccc(NC(N)=NCc2cccc(OCC(F)F)c2)cc1.I. The molecular weight excluding hydrogens is 439 g/mol. The highest BCUT2D eigenvalue weighted by Gasteiger charge is 2.04. The number of nitrogens with one attached hydrogen (secondary N) is 1. The molecule has 2 aromatic carbocycles. The molecule has 3 N–H and O–H groups in total. The van der Waals surface area contributed by atoms with Gasteiger partial charge in [0.2, 0.25) is 0 Å². The highest BCUT2D eigenvalue weighted by atomic mass is 127. The predicted octanol–water partition coefficient (Wildman–Crippen LogP) is 4.44. The summed E-state index contributed by atoms with van der Waals surface area (Å²) in [6, 6.07) is 14.8. The largest absolute Gasteiger partial charge is 0.488 e. The lowest BCUT2D eigenvalue weighted by Gasteiger charge is -2.08. The number of anilines is 1. The van der Waals surface area contributed by atoms with Crippen LogP contribution in [0.15, 0.2) is 53.5 Å². The van der Waals surface area contributed by atoms with Gasteiger partial charge in [0.25, 0.3) is 6.43 Å². The van der Waals surface area contributed by atoms with Crippen LogP contribution in [0.5, 0.6) is 5.75 Å². The summed E-state index contributed by atoms with van der Waals surface area (Å²) in [6.45, 7) is 1.80. The number of aryl methyl sites for hydroxylation is 1. The van der Waals surface area contributed by atoms with E-state index in [4.69, 9.17) is 10.5 Å². The van der Waals surface area contributed by atoms with Gasteiger partial charge < -0.3 is 15.8 Å². The van der Waals surface area contributed by atoms with Crippen molar-refractivity contribution in [1.29, 1.82) is 0 Å². The summed E-state index contributed by atoms with van der Waals surface area (Å²) in [7, 11) is 0. The molecule has 4 nitrogen and oxygen atoms in total. The quantitative estimate of drug-likeness (QED) is 0.364. The molecule has 0 unspecified atom stereocenters. The van der Waals surface area contributed by atoms with Crippen LogP contribution in [-0.2, 0) is 13.0 Å². The van der Waals surface area contributed by atoms with Crippen LogP contribution in [0.25, 0.3) is 0 Å². The van der Waals surface area contributed by atoms with E-state index >= 15 is 0 Å².